The van der Waals surface area contributed by atoms with Crippen molar-refractivity contribution < 1.29 is 18.4 Å². The van der Waals surface area contributed by atoms with E-state index in [1.165, 1.54) is 6.07 Å². The summed E-state index contributed by atoms with van der Waals surface area (Å²) in [6.07, 6.45) is 0.986. The average Bonchev–Trinajstić information content (AvgIpc) is 2.85. The molecule has 0 saturated carbocycles. The summed E-state index contributed by atoms with van der Waals surface area (Å²) in [6.45, 7) is 3.76. The molecule has 36 heavy (non-hydrogen) atoms. The van der Waals surface area contributed by atoms with Crippen LogP contribution in [0.25, 0.3) is 0 Å². The third kappa shape index (κ3) is 4.47. The van der Waals surface area contributed by atoms with E-state index in [1.807, 2.05) is 61.5 Å². The molecule has 1 aliphatic carbocycles. The van der Waals surface area contributed by atoms with Crippen LogP contribution in [-0.4, -0.2) is 11.7 Å². The van der Waals surface area contributed by atoms with Crippen LogP contribution in [0.5, 0.6) is 0 Å². The molecule has 3 aromatic carbocycles. The van der Waals surface area contributed by atoms with E-state index in [4.69, 9.17) is 0 Å². The van der Waals surface area contributed by atoms with Crippen molar-refractivity contribution in [3.8, 4) is 0 Å². The number of nitrogens with one attached hydrogen (secondary N) is 2. The molecule has 2 N–H and O–H groups in total. The van der Waals surface area contributed by atoms with E-state index in [0.717, 1.165) is 34.5 Å². The first kappa shape index (κ1) is 23.7. The molecule has 3 aromatic rings. The summed E-state index contributed by atoms with van der Waals surface area (Å²) in [4.78, 5) is 27.2. The maximum atomic E-state index is 14.3. The normalized spacial score (nSPS) is 19.6. The Morgan fingerprint density at radius 2 is 1.64 bits per heavy atom. The molecule has 2 aliphatic rings. The number of allylic oxidation sites excluding steroid dienone is 3. The van der Waals surface area contributed by atoms with Crippen molar-refractivity contribution in [1.82, 2.24) is 5.32 Å². The second-order valence-corrected chi connectivity index (χ2v) is 9.42. The number of aryl methyl sites for hydroxylation is 1. The van der Waals surface area contributed by atoms with Gasteiger partial charge in [-0.25, -0.2) is 8.78 Å². The van der Waals surface area contributed by atoms with Crippen LogP contribution >= 0.6 is 0 Å². The first-order chi connectivity index (χ1) is 17.3. The molecular formula is C30H26F2N2O2. The zero-order valence-electron chi connectivity index (χ0n) is 20.1. The van der Waals surface area contributed by atoms with E-state index in [1.54, 1.807) is 6.92 Å². The molecule has 2 atom stereocenters. The number of carbonyl (C=O) groups excluding carboxylic acids is 2. The van der Waals surface area contributed by atoms with Crippen molar-refractivity contribution in [2.45, 2.75) is 38.5 Å². The summed E-state index contributed by atoms with van der Waals surface area (Å²) in [5.74, 6) is -2.71. The highest BCUT2D eigenvalue weighted by Crippen LogP contribution is 2.45. The molecule has 0 unspecified atom stereocenters. The summed E-state index contributed by atoms with van der Waals surface area (Å²) in [5, 5.41) is 5.91. The van der Waals surface area contributed by atoms with Gasteiger partial charge in [0.1, 0.15) is 11.6 Å². The van der Waals surface area contributed by atoms with Crippen molar-refractivity contribution in [2.24, 2.45) is 0 Å². The van der Waals surface area contributed by atoms with Crippen molar-refractivity contribution in [1.29, 1.82) is 0 Å². The van der Waals surface area contributed by atoms with E-state index in [2.05, 4.69) is 10.6 Å². The zero-order valence-corrected chi connectivity index (χ0v) is 20.1. The summed E-state index contributed by atoms with van der Waals surface area (Å²) in [7, 11) is 0. The number of dihydropyridines is 1. The number of Topliss-reactive ketones (excluding diaryl/α,β-unsaturated/α-hetero) is 1. The Kier molecular flexibility index (Phi) is 6.27. The Balaban J connectivity index is 1.56. The molecule has 5 rings (SSSR count). The van der Waals surface area contributed by atoms with Crippen LogP contribution < -0.4 is 10.6 Å². The summed E-state index contributed by atoms with van der Waals surface area (Å²) < 4.78 is 27.7. The Morgan fingerprint density at radius 1 is 0.917 bits per heavy atom. The lowest BCUT2D eigenvalue weighted by Crippen LogP contribution is -2.37. The lowest BCUT2D eigenvalue weighted by molar-refractivity contribution is -0.116. The van der Waals surface area contributed by atoms with Crippen LogP contribution in [0.1, 0.15) is 48.3 Å². The maximum Gasteiger partial charge on any atom is 0.254 e. The van der Waals surface area contributed by atoms with Gasteiger partial charge in [0.05, 0.1) is 5.69 Å². The summed E-state index contributed by atoms with van der Waals surface area (Å²) >= 11 is 0. The SMILES string of the molecule is CC1=C(C(=O)Nc2ccc(F)cc2F)[C@H](c2ccc(C)cc2)C2=C(C[C@@H](c3ccccc3)CC2=O)N1. The predicted molar refractivity (Wildman–Crippen MR) is 135 cm³/mol. The fourth-order valence-electron chi connectivity index (χ4n) is 5.17. The molecule has 4 nitrogen and oxygen atoms in total. The number of hydrogen-bond donors (Lipinski definition) is 2. The van der Waals surface area contributed by atoms with Gasteiger partial charge in [-0.1, -0.05) is 60.2 Å². The van der Waals surface area contributed by atoms with Gasteiger partial charge in [-0.3, -0.25) is 9.59 Å². The smallest absolute Gasteiger partial charge is 0.254 e. The Bertz CT molecular complexity index is 1410. The van der Waals surface area contributed by atoms with Crippen molar-refractivity contribution in [3.05, 3.63) is 124 Å². The fraction of sp³-hybridized carbons (Fsp3) is 0.200. The lowest BCUT2D eigenvalue weighted by atomic mass is 9.71. The van der Waals surface area contributed by atoms with Gasteiger partial charge in [-0.2, -0.15) is 0 Å². The van der Waals surface area contributed by atoms with Gasteiger partial charge >= 0.3 is 0 Å². The van der Waals surface area contributed by atoms with E-state index < -0.39 is 23.5 Å². The van der Waals surface area contributed by atoms with Crippen molar-refractivity contribution >= 4 is 17.4 Å². The molecule has 0 radical (unpaired) electrons. The van der Waals surface area contributed by atoms with Crippen LogP contribution in [0.3, 0.4) is 0 Å². The highest BCUT2D eigenvalue weighted by atomic mass is 19.1. The average molecular weight is 485 g/mol. The third-order valence-corrected chi connectivity index (χ3v) is 6.93. The largest absolute Gasteiger partial charge is 0.362 e. The van der Waals surface area contributed by atoms with Gasteiger partial charge in [0.2, 0.25) is 0 Å². The number of anilines is 1. The number of halogens is 2. The minimum atomic E-state index is -0.864. The second-order valence-electron chi connectivity index (χ2n) is 9.42. The topological polar surface area (TPSA) is 58.2 Å². The number of rotatable bonds is 4. The first-order valence-corrected chi connectivity index (χ1v) is 11.9. The molecule has 0 aromatic heterocycles. The van der Waals surface area contributed by atoms with Crippen LogP contribution in [0.2, 0.25) is 0 Å². The first-order valence-electron chi connectivity index (χ1n) is 11.9. The van der Waals surface area contributed by atoms with Crippen LogP contribution in [0, 0.1) is 18.6 Å². The predicted octanol–water partition coefficient (Wildman–Crippen LogP) is 6.27. The quantitative estimate of drug-likeness (QED) is 0.459. The molecule has 0 fully saturated rings. The molecule has 0 bridgehead atoms. The van der Waals surface area contributed by atoms with Gasteiger partial charge in [0, 0.05) is 40.9 Å². The molecule has 6 heteroatoms. The fourth-order valence-corrected chi connectivity index (χ4v) is 5.17. The molecular weight excluding hydrogens is 458 g/mol. The van der Waals surface area contributed by atoms with Crippen molar-refractivity contribution in [2.75, 3.05) is 5.32 Å². The number of benzene rings is 3. The van der Waals surface area contributed by atoms with Gasteiger partial charge < -0.3 is 10.6 Å². The summed E-state index contributed by atoms with van der Waals surface area (Å²) in [5.41, 5.74) is 5.17. The maximum absolute atomic E-state index is 14.3. The minimum Gasteiger partial charge on any atom is -0.362 e. The highest BCUT2D eigenvalue weighted by Gasteiger charge is 2.41. The molecule has 0 saturated heterocycles. The minimum absolute atomic E-state index is 0.0195. The second kappa shape index (κ2) is 9.53. The highest BCUT2D eigenvalue weighted by molar-refractivity contribution is 6.10. The van der Waals surface area contributed by atoms with Crippen molar-refractivity contribution in [3.63, 3.8) is 0 Å². The van der Waals surface area contributed by atoms with Gasteiger partial charge in [0.25, 0.3) is 5.91 Å². The monoisotopic (exact) mass is 484 g/mol. The van der Waals surface area contributed by atoms with Crippen LogP contribution in [-0.2, 0) is 9.59 Å². The number of ketones is 1. The molecule has 1 heterocycles. The van der Waals surface area contributed by atoms with Gasteiger partial charge in [-0.05, 0) is 49.4 Å². The van der Waals surface area contributed by atoms with E-state index in [0.29, 0.717) is 29.7 Å². The molecule has 0 spiro atoms. The number of hydrogen-bond acceptors (Lipinski definition) is 3. The Labute approximate surface area is 208 Å². The molecule has 182 valence electrons. The van der Waals surface area contributed by atoms with E-state index >= 15 is 0 Å². The molecule has 1 aliphatic heterocycles. The van der Waals surface area contributed by atoms with Gasteiger partial charge in [-0.15, -0.1) is 0 Å². The van der Waals surface area contributed by atoms with Crippen LogP contribution in [0.4, 0.5) is 14.5 Å². The van der Waals surface area contributed by atoms with E-state index in [9.17, 15) is 18.4 Å². The lowest BCUT2D eigenvalue weighted by Gasteiger charge is -2.37. The zero-order chi connectivity index (χ0) is 25.4. The number of carbonyl (C=O) groups is 2. The van der Waals surface area contributed by atoms with E-state index in [-0.39, 0.29) is 17.4 Å². The Morgan fingerprint density at radius 3 is 2.33 bits per heavy atom. The third-order valence-electron chi connectivity index (χ3n) is 6.93. The Hall–Kier alpha value is -4.06. The van der Waals surface area contributed by atoms with Gasteiger partial charge in [0.15, 0.2) is 5.78 Å². The number of amides is 1. The van der Waals surface area contributed by atoms with Crippen LogP contribution in [0.15, 0.2) is 95.3 Å². The molecule has 1 amide bonds. The standard InChI is InChI=1S/C30H26F2N2O2/c1-17-8-10-20(11-9-17)28-27(30(36)34-24-13-12-22(31)16-23(24)32)18(2)33-25-14-21(15-26(35)29(25)28)19-6-4-3-5-7-19/h3-13,16,21,28,33H,14-15H2,1-2H3,(H,34,36)/t21-,28+/m1/s1. The summed E-state index contributed by atoms with van der Waals surface area (Å²) in [6, 6.07) is 20.7.